The topological polar surface area (TPSA) is 55.4 Å². The van der Waals surface area contributed by atoms with Gasteiger partial charge in [0.15, 0.2) is 12.4 Å². The Hall–Kier alpha value is -2.92. The summed E-state index contributed by atoms with van der Waals surface area (Å²) in [5.41, 5.74) is 2.82. The second kappa shape index (κ2) is 8.64. The SMILES string of the molecule is CC(=O)c1ccc(OCC(=O)NC(c2ccc(C)cc2)c2cccs2)cc1. The molecule has 0 fully saturated rings. The molecule has 0 saturated heterocycles. The molecule has 1 amide bonds. The van der Waals surface area contributed by atoms with E-state index in [9.17, 15) is 9.59 Å². The van der Waals surface area contributed by atoms with Gasteiger partial charge >= 0.3 is 0 Å². The Morgan fingerprint density at radius 3 is 2.33 bits per heavy atom. The highest BCUT2D eigenvalue weighted by Crippen LogP contribution is 2.26. The molecule has 1 aromatic heterocycles. The van der Waals surface area contributed by atoms with Crippen LogP contribution in [0.25, 0.3) is 0 Å². The van der Waals surface area contributed by atoms with Crippen molar-refractivity contribution in [2.75, 3.05) is 6.61 Å². The van der Waals surface area contributed by atoms with E-state index in [-0.39, 0.29) is 24.3 Å². The van der Waals surface area contributed by atoms with E-state index in [1.54, 1.807) is 35.6 Å². The highest BCUT2D eigenvalue weighted by atomic mass is 32.1. The van der Waals surface area contributed by atoms with Crippen LogP contribution in [0.15, 0.2) is 66.0 Å². The molecule has 0 aliphatic heterocycles. The molecule has 3 rings (SSSR count). The van der Waals surface area contributed by atoms with Crippen molar-refractivity contribution < 1.29 is 14.3 Å². The summed E-state index contributed by atoms with van der Waals surface area (Å²) in [6.45, 7) is 3.46. The van der Waals surface area contributed by atoms with Crippen LogP contribution in [0.2, 0.25) is 0 Å². The van der Waals surface area contributed by atoms with E-state index < -0.39 is 0 Å². The molecule has 3 aromatic rings. The standard InChI is InChI=1S/C22H21NO3S/c1-15-5-7-18(8-6-15)22(20-4-3-13-27-20)23-21(25)14-26-19-11-9-17(10-12-19)16(2)24/h3-13,22H,14H2,1-2H3,(H,23,25). The normalized spacial score (nSPS) is 11.6. The van der Waals surface area contributed by atoms with Crippen LogP contribution in [0.5, 0.6) is 5.75 Å². The van der Waals surface area contributed by atoms with E-state index in [0.717, 1.165) is 10.4 Å². The summed E-state index contributed by atoms with van der Waals surface area (Å²) in [7, 11) is 0. The van der Waals surface area contributed by atoms with Crippen molar-refractivity contribution in [2.24, 2.45) is 0 Å². The molecular weight excluding hydrogens is 358 g/mol. The Labute approximate surface area is 162 Å². The lowest BCUT2D eigenvalue weighted by molar-refractivity contribution is -0.123. The minimum Gasteiger partial charge on any atom is -0.484 e. The van der Waals surface area contributed by atoms with Crippen LogP contribution in [0, 0.1) is 6.92 Å². The van der Waals surface area contributed by atoms with Crippen LogP contribution in [0.1, 0.15) is 39.3 Å². The van der Waals surface area contributed by atoms with Gasteiger partial charge in [-0.25, -0.2) is 0 Å². The van der Waals surface area contributed by atoms with Crippen LogP contribution in [-0.4, -0.2) is 18.3 Å². The van der Waals surface area contributed by atoms with E-state index in [0.29, 0.717) is 11.3 Å². The van der Waals surface area contributed by atoms with Crippen molar-refractivity contribution >= 4 is 23.0 Å². The minimum absolute atomic E-state index is 0.00354. The smallest absolute Gasteiger partial charge is 0.258 e. The van der Waals surface area contributed by atoms with Gasteiger partial charge in [0.1, 0.15) is 5.75 Å². The molecule has 138 valence electrons. The van der Waals surface area contributed by atoms with Crippen LogP contribution in [-0.2, 0) is 4.79 Å². The Bertz CT molecular complexity index is 900. The average Bonchev–Trinajstić information content (AvgIpc) is 3.20. The predicted molar refractivity (Wildman–Crippen MR) is 107 cm³/mol. The molecule has 1 atom stereocenters. The zero-order valence-corrected chi connectivity index (χ0v) is 16.1. The van der Waals surface area contributed by atoms with E-state index in [2.05, 4.69) is 5.32 Å². The molecule has 0 saturated carbocycles. The van der Waals surface area contributed by atoms with Crippen LogP contribution in [0.3, 0.4) is 0 Å². The molecule has 27 heavy (non-hydrogen) atoms. The van der Waals surface area contributed by atoms with E-state index >= 15 is 0 Å². The molecule has 4 nitrogen and oxygen atoms in total. The number of thiophene rings is 1. The third kappa shape index (κ3) is 5.05. The molecular formula is C22H21NO3S. The molecule has 0 aliphatic rings. The maximum Gasteiger partial charge on any atom is 0.258 e. The average molecular weight is 379 g/mol. The maximum absolute atomic E-state index is 12.5. The maximum atomic E-state index is 12.5. The fourth-order valence-electron chi connectivity index (χ4n) is 2.67. The number of ether oxygens (including phenoxy) is 1. The first-order valence-corrected chi connectivity index (χ1v) is 9.54. The third-order valence-corrected chi connectivity index (χ3v) is 5.11. The third-order valence-electron chi connectivity index (χ3n) is 4.17. The number of hydrogen-bond donors (Lipinski definition) is 1. The molecule has 0 aliphatic carbocycles. The van der Waals surface area contributed by atoms with Crippen molar-refractivity contribution in [2.45, 2.75) is 19.9 Å². The summed E-state index contributed by atoms with van der Waals surface area (Å²) in [4.78, 5) is 24.8. The number of benzene rings is 2. The second-order valence-electron chi connectivity index (χ2n) is 6.30. The quantitative estimate of drug-likeness (QED) is 0.613. The zero-order valence-electron chi connectivity index (χ0n) is 15.3. The van der Waals surface area contributed by atoms with E-state index in [4.69, 9.17) is 4.74 Å². The first-order valence-electron chi connectivity index (χ1n) is 8.66. The van der Waals surface area contributed by atoms with Crippen molar-refractivity contribution in [3.8, 4) is 5.75 Å². The Balaban J connectivity index is 1.66. The van der Waals surface area contributed by atoms with Crippen molar-refractivity contribution in [3.63, 3.8) is 0 Å². The highest BCUT2D eigenvalue weighted by molar-refractivity contribution is 7.10. The number of amides is 1. The fraction of sp³-hybridized carbons (Fsp3) is 0.182. The van der Waals surface area contributed by atoms with Gasteiger partial charge in [-0.05, 0) is 55.1 Å². The molecule has 0 bridgehead atoms. The summed E-state index contributed by atoms with van der Waals surface area (Å²) >= 11 is 1.60. The first kappa shape index (κ1) is 18.9. The number of Topliss-reactive ketones (excluding diaryl/α,β-unsaturated/α-hetero) is 1. The van der Waals surface area contributed by atoms with Gasteiger partial charge < -0.3 is 10.1 Å². The summed E-state index contributed by atoms with van der Waals surface area (Å²) in [6.07, 6.45) is 0. The van der Waals surface area contributed by atoms with Crippen molar-refractivity contribution in [3.05, 3.63) is 87.6 Å². The van der Waals surface area contributed by atoms with Gasteiger partial charge in [-0.3, -0.25) is 9.59 Å². The largest absolute Gasteiger partial charge is 0.484 e. The van der Waals surface area contributed by atoms with Crippen LogP contribution in [0.4, 0.5) is 0 Å². The lowest BCUT2D eigenvalue weighted by atomic mass is 10.0. The van der Waals surface area contributed by atoms with Gasteiger partial charge in [0.2, 0.25) is 0 Å². The second-order valence-corrected chi connectivity index (χ2v) is 7.28. The molecule has 0 spiro atoms. The number of nitrogens with one attached hydrogen (secondary N) is 1. The Morgan fingerprint density at radius 1 is 1.04 bits per heavy atom. The summed E-state index contributed by atoms with van der Waals surface area (Å²) in [5, 5.41) is 5.04. The lowest BCUT2D eigenvalue weighted by Gasteiger charge is -2.18. The number of carbonyl (C=O) groups is 2. The zero-order chi connectivity index (χ0) is 19.2. The molecule has 2 aromatic carbocycles. The lowest BCUT2D eigenvalue weighted by Crippen LogP contribution is -2.32. The van der Waals surface area contributed by atoms with E-state index in [1.165, 1.54) is 12.5 Å². The predicted octanol–water partition coefficient (Wildman–Crippen LogP) is 4.54. The van der Waals surface area contributed by atoms with E-state index in [1.807, 2.05) is 48.7 Å². The van der Waals surface area contributed by atoms with Crippen LogP contribution >= 0.6 is 11.3 Å². The minimum atomic E-state index is -0.207. The van der Waals surface area contributed by atoms with Gasteiger partial charge in [-0.15, -0.1) is 11.3 Å². The van der Waals surface area contributed by atoms with Gasteiger partial charge in [0, 0.05) is 10.4 Å². The van der Waals surface area contributed by atoms with Gasteiger partial charge in [-0.1, -0.05) is 35.9 Å². The number of carbonyl (C=O) groups excluding carboxylic acids is 2. The Morgan fingerprint density at radius 2 is 1.74 bits per heavy atom. The molecule has 1 heterocycles. The molecule has 5 heteroatoms. The Kier molecular flexibility index (Phi) is 6.04. The summed E-state index contributed by atoms with van der Waals surface area (Å²) < 4.78 is 5.56. The number of ketones is 1. The van der Waals surface area contributed by atoms with Gasteiger partial charge in [0.25, 0.3) is 5.91 Å². The van der Waals surface area contributed by atoms with Crippen molar-refractivity contribution in [1.29, 1.82) is 0 Å². The van der Waals surface area contributed by atoms with Gasteiger partial charge in [-0.2, -0.15) is 0 Å². The number of aryl methyl sites for hydroxylation is 1. The van der Waals surface area contributed by atoms with Crippen molar-refractivity contribution in [1.82, 2.24) is 5.32 Å². The molecule has 0 radical (unpaired) electrons. The summed E-state index contributed by atoms with van der Waals surface area (Å²) in [6, 6.07) is 18.7. The molecule has 1 N–H and O–H groups in total. The first-order chi connectivity index (χ1) is 13.0. The monoisotopic (exact) mass is 379 g/mol. The number of rotatable bonds is 7. The molecule has 1 unspecified atom stereocenters. The summed E-state index contributed by atoms with van der Waals surface area (Å²) in [5.74, 6) is 0.346. The van der Waals surface area contributed by atoms with Gasteiger partial charge in [0.05, 0.1) is 6.04 Å². The fourth-order valence-corrected chi connectivity index (χ4v) is 3.47. The number of hydrogen-bond acceptors (Lipinski definition) is 4. The highest BCUT2D eigenvalue weighted by Gasteiger charge is 2.18. The van der Waals surface area contributed by atoms with Crippen LogP contribution < -0.4 is 10.1 Å².